The maximum Gasteiger partial charge on any atom is 0.325 e. The van der Waals surface area contributed by atoms with Crippen LogP contribution in [0.1, 0.15) is 26.2 Å². The van der Waals surface area contributed by atoms with E-state index in [0.717, 1.165) is 29.9 Å². The van der Waals surface area contributed by atoms with Crippen LogP contribution < -0.4 is 5.32 Å². The predicted molar refractivity (Wildman–Crippen MR) is 90.5 cm³/mol. The summed E-state index contributed by atoms with van der Waals surface area (Å²) in [7, 11) is 3.19. The van der Waals surface area contributed by atoms with Crippen molar-refractivity contribution < 1.29 is 9.53 Å². The third-order valence-corrected chi connectivity index (χ3v) is 5.24. The largest absolute Gasteiger partial charge is 0.468 e. The van der Waals surface area contributed by atoms with Crippen molar-refractivity contribution in [1.29, 1.82) is 0 Å². The zero-order valence-electron chi connectivity index (χ0n) is 12.5. The molecule has 1 unspecified atom stereocenters. The number of esters is 1. The average molecular weight is 350 g/mol. The number of thioether (sulfide) groups is 1. The number of carbonyl (C=O) groups excluding carboxylic acids is 1. The maximum atomic E-state index is 11.7. The van der Waals surface area contributed by atoms with Crippen LogP contribution in [0.25, 0.3) is 0 Å². The average Bonchev–Trinajstić information content (AvgIpc) is 2.49. The van der Waals surface area contributed by atoms with Crippen molar-refractivity contribution in [3.8, 4) is 0 Å². The number of halogens is 2. The summed E-state index contributed by atoms with van der Waals surface area (Å²) >= 11 is 13.6. The van der Waals surface area contributed by atoms with Crippen LogP contribution in [0.5, 0.6) is 0 Å². The Morgan fingerprint density at radius 3 is 2.62 bits per heavy atom. The van der Waals surface area contributed by atoms with Gasteiger partial charge < -0.3 is 10.1 Å². The molecule has 21 heavy (non-hydrogen) atoms. The standard InChI is InChI=1S/C15H21Cl2NO2S/c1-15(18-2,14(19)20-3)8-4-5-9-21-11-6-7-12(16)13(17)10-11/h6-7,10,18H,4-5,8-9H2,1-3H3. The van der Waals surface area contributed by atoms with Crippen LogP contribution in [0.3, 0.4) is 0 Å². The second-order valence-corrected chi connectivity index (χ2v) is 6.94. The minimum Gasteiger partial charge on any atom is -0.468 e. The van der Waals surface area contributed by atoms with E-state index in [9.17, 15) is 4.79 Å². The van der Waals surface area contributed by atoms with Crippen LogP contribution in [0, 0.1) is 0 Å². The molecule has 1 aromatic rings. The van der Waals surface area contributed by atoms with Crippen molar-refractivity contribution in [3.63, 3.8) is 0 Å². The molecule has 0 aliphatic heterocycles. The number of methoxy groups -OCH3 is 1. The number of nitrogens with one attached hydrogen (secondary N) is 1. The molecule has 0 amide bonds. The molecule has 0 aromatic heterocycles. The van der Waals surface area contributed by atoms with Gasteiger partial charge in [-0.15, -0.1) is 11.8 Å². The molecule has 0 spiro atoms. The quantitative estimate of drug-likeness (QED) is 0.428. The summed E-state index contributed by atoms with van der Waals surface area (Å²) in [6, 6.07) is 5.65. The fraction of sp³-hybridized carbons (Fsp3) is 0.533. The molecule has 6 heteroatoms. The van der Waals surface area contributed by atoms with E-state index in [1.54, 1.807) is 18.8 Å². The highest BCUT2D eigenvalue weighted by Gasteiger charge is 2.31. The van der Waals surface area contributed by atoms with E-state index in [1.807, 2.05) is 25.1 Å². The molecular weight excluding hydrogens is 329 g/mol. The number of rotatable bonds is 8. The highest BCUT2D eigenvalue weighted by molar-refractivity contribution is 7.99. The first-order valence-electron chi connectivity index (χ1n) is 6.78. The molecule has 0 aliphatic rings. The van der Waals surface area contributed by atoms with Crippen LogP contribution in [0.15, 0.2) is 23.1 Å². The Kier molecular flexibility index (Phi) is 7.88. The number of benzene rings is 1. The van der Waals surface area contributed by atoms with Crippen molar-refractivity contribution in [2.75, 3.05) is 19.9 Å². The van der Waals surface area contributed by atoms with Gasteiger partial charge in [0.25, 0.3) is 0 Å². The summed E-state index contributed by atoms with van der Waals surface area (Å²) in [5.41, 5.74) is -0.608. The third kappa shape index (κ3) is 5.70. The molecule has 0 saturated carbocycles. The van der Waals surface area contributed by atoms with E-state index >= 15 is 0 Å². The molecule has 1 N–H and O–H groups in total. The molecular formula is C15H21Cl2NO2S. The number of carbonyl (C=O) groups is 1. The van der Waals surface area contributed by atoms with E-state index in [0.29, 0.717) is 10.0 Å². The van der Waals surface area contributed by atoms with Crippen molar-refractivity contribution >= 4 is 40.9 Å². The van der Waals surface area contributed by atoms with Crippen molar-refractivity contribution in [1.82, 2.24) is 5.32 Å². The van der Waals surface area contributed by atoms with Crippen LogP contribution >= 0.6 is 35.0 Å². The number of unbranched alkanes of at least 4 members (excludes halogenated alkanes) is 1. The van der Waals surface area contributed by atoms with Crippen molar-refractivity contribution in [3.05, 3.63) is 28.2 Å². The second-order valence-electron chi connectivity index (χ2n) is 4.96. The van der Waals surface area contributed by atoms with Gasteiger partial charge in [0.1, 0.15) is 5.54 Å². The third-order valence-electron chi connectivity index (χ3n) is 3.42. The normalized spacial score (nSPS) is 13.8. The van der Waals surface area contributed by atoms with Gasteiger partial charge in [-0.25, -0.2) is 0 Å². The van der Waals surface area contributed by atoms with Crippen LogP contribution in [-0.2, 0) is 9.53 Å². The predicted octanol–water partition coefficient (Wildman–Crippen LogP) is 4.41. The van der Waals surface area contributed by atoms with Gasteiger partial charge in [0.15, 0.2) is 0 Å². The number of hydrogen-bond donors (Lipinski definition) is 1. The van der Waals surface area contributed by atoms with Gasteiger partial charge in [0.05, 0.1) is 17.2 Å². The zero-order valence-corrected chi connectivity index (χ0v) is 14.9. The summed E-state index contributed by atoms with van der Waals surface area (Å²) < 4.78 is 4.82. The van der Waals surface area contributed by atoms with Crippen molar-refractivity contribution in [2.24, 2.45) is 0 Å². The maximum absolute atomic E-state index is 11.7. The van der Waals surface area contributed by atoms with Crippen LogP contribution in [0.4, 0.5) is 0 Å². The Bertz CT molecular complexity index is 485. The van der Waals surface area contributed by atoms with E-state index < -0.39 is 5.54 Å². The first-order chi connectivity index (χ1) is 9.92. The van der Waals surface area contributed by atoms with E-state index in [1.165, 1.54) is 7.11 Å². The monoisotopic (exact) mass is 349 g/mol. The van der Waals surface area contributed by atoms with Gasteiger partial charge >= 0.3 is 5.97 Å². The topological polar surface area (TPSA) is 38.3 Å². The molecule has 0 heterocycles. The smallest absolute Gasteiger partial charge is 0.325 e. The van der Waals surface area contributed by atoms with E-state index in [-0.39, 0.29) is 5.97 Å². The Morgan fingerprint density at radius 1 is 1.33 bits per heavy atom. The lowest BCUT2D eigenvalue weighted by atomic mass is 9.95. The summed E-state index contributed by atoms with van der Waals surface area (Å²) in [5.74, 6) is 0.751. The van der Waals surface area contributed by atoms with Gasteiger partial charge in [-0.2, -0.15) is 0 Å². The van der Waals surface area contributed by atoms with Crippen molar-refractivity contribution in [2.45, 2.75) is 36.6 Å². The highest BCUT2D eigenvalue weighted by Crippen LogP contribution is 2.28. The molecule has 3 nitrogen and oxygen atoms in total. The minimum atomic E-state index is -0.608. The Labute approximate surface area is 140 Å². The number of ether oxygens (including phenoxy) is 1. The van der Waals surface area contributed by atoms with Crippen LogP contribution in [0.2, 0.25) is 10.0 Å². The Hall–Kier alpha value is -0.420. The number of likely N-dealkylation sites (N-methyl/N-ethyl adjacent to an activating group) is 1. The van der Waals surface area contributed by atoms with Gasteiger partial charge in [-0.05, 0) is 50.8 Å². The molecule has 1 aromatic carbocycles. The fourth-order valence-corrected chi connectivity index (χ4v) is 3.20. The fourth-order valence-electron chi connectivity index (χ4n) is 1.89. The summed E-state index contributed by atoms with van der Waals surface area (Å²) in [6.07, 6.45) is 2.71. The SMILES string of the molecule is CNC(C)(CCCCSc1ccc(Cl)c(Cl)c1)C(=O)OC. The summed E-state index contributed by atoms with van der Waals surface area (Å²) in [5, 5.41) is 4.19. The lowest BCUT2D eigenvalue weighted by Crippen LogP contribution is -2.48. The Balaban J connectivity index is 2.34. The zero-order chi connectivity index (χ0) is 15.9. The highest BCUT2D eigenvalue weighted by atomic mass is 35.5. The molecule has 0 saturated heterocycles. The molecule has 0 radical (unpaired) electrons. The minimum absolute atomic E-state index is 0.220. The number of hydrogen-bond acceptors (Lipinski definition) is 4. The molecule has 118 valence electrons. The molecule has 0 aliphatic carbocycles. The molecule has 0 fully saturated rings. The van der Waals surface area contributed by atoms with E-state index in [4.69, 9.17) is 27.9 Å². The Morgan fingerprint density at radius 2 is 2.05 bits per heavy atom. The molecule has 0 bridgehead atoms. The van der Waals surface area contributed by atoms with Gasteiger partial charge in [0.2, 0.25) is 0 Å². The van der Waals surface area contributed by atoms with Gasteiger partial charge in [-0.3, -0.25) is 4.79 Å². The van der Waals surface area contributed by atoms with Gasteiger partial charge in [-0.1, -0.05) is 29.6 Å². The second kappa shape index (κ2) is 8.89. The van der Waals surface area contributed by atoms with Gasteiger partial charge in [0, 0.05) is 4.90 Å². The van der Waals surface area contributed by atoms with E-state index in [2.05, 4.69) is 5.32 Å². The molecule has 1 rings (SSSR count). The summed E-state index contributed by atoms with van der Waals surface area (Å²) in [4.78, 5) is 12.8. The first kappa shape index (κ1) is 18.6. The lowest BCUT2D eigenvalue weighted by Gasteiger charge is -2.25. The lowest BCUT2D eigenvalue weighted by molar-refractivity contribution is -0.148. The van der Waals surface area contributed by atoms with Crippen LogP contribution in [-0.4, -0.2) is 31.4 Å². The summed E-state index contributed by atoms with van der Waals surface area (Å²) in [6.45, 7) is 1.87. The molecule has 1 atom stereocenters. The first-order valence-corrected chi connectivity index (χ1v) is 8.52.